The van der Waals surface area contributed by atoms with Crippen LogP contribution in [0.3, 0.4) is 0 Å². The van der Waals surface area contributed by atoms with E-state index in [4.69, 9.17) is 11.6 Å². The Morgan fingerprint density at radius 3 is 2.79 bits per heavy atom. The number of hydrogen-bond acceptors (Lipinski definition) is 2. The molecular weight excluding hydrogens is 196 g/mol. The summed E-state index contributed by atoms with van der Waals surface area (Å²) in [5, 5.41) is 1.48. The number of hydrogen-bond donors (Lipinski definition) is 0. The van der Waals surface area contributed by atoms with E-state index in [1.54, 1.807) is 0 Å². The Labute approximate surface area is 88.0 Å². The molecule has 0 saturated carbocycles. The summed E-state index contributed by atoms with van der Waals surface area (Å²) in [4.78, 5) is 8.68. The molecule has 2 aromatic rings. The van der Waals surface area contributed by atoms with Gasteiger partial charge in [-0.15, -0.1) is 0 Å². The van der Waals surface area contributed by atoms with E-state index in [9.17, 15) is 0 Å². The lowest BCUT2D eigenvalue weighted by molar-refractivity contribution is 0.844. The summed E-state index contributed by atoms with van der Waals surface area (Å²) in [5.41, 5.74) is 0.927. The molecule has 1 aromatic heterocycles. The molecular formula is C11H11ClN2. The first-order valence-electron chi connectivity index (χ1n) is 4.72. The van der Waals surface area contributed by atoms with Crippen molar-refractivity contribution in [2.75, 3.05) is 0 Å². The number of para-hydroxylation sites is 1. The van der Waals surface area contributed by atoms with Crippen LogP contribution < -0.4 is 0 Å². The summed E-state index contributed by atoms with van der Waals surface area (Å²) in [6.45, 7) is 2.10. The smallest absolute Gasteiger partial charge is 0.140 e. The predicted molar refractivity (Wildman–Crippen MR) is 58.5 cm³/mol. The van der Waals surface area contributed by atoms with Crippen LogP contribution in [0.15, 0.2) is 24.3 Å². The van der Waals surface area contributed by atoms with E-state index in [-0.39, 0.29) is 0 Å². The Morgan fingerprint density at radius 2 is 2.00 bits per heavy atom. The van der Waals surface area contributed by atoms with Gasteiger partial charge < -0.3 is 0 Å². The zero-order chi connectivity index (χ0) is 9.97. The van der Waals surface area contributed by atoms with Crippen LogP contribution in [0.1, 0.15) is 19.2 Å². The number of nitrogens with zero attached hydrogens (tertiary/aromatic N) is 2. The minimum Gasteiger partial charge on any atom is -0.233 e. The first-order valence-corrected chi connectivity index (χ1v) is 5.10. The van der Waals surface area contributed by atoms with Crippen LogP contribution in [0.4, 0.5) is 0 Å². The molecule has 2 nitrogen and oxygen atoms in total. The quantitative estimate of drug-likeness (QED) is 0.705. The summed E-state index contributed by atoms with van der Waals surface area (Å²) >= 11 is 6.05. The number of rotatable bonds is 2. The lowest BCUT2D eigenvalue weighted by atomic mass is 10.2. The van der Waals surface area contributed by atoms with Gasteiger partial charge in [0.2, 0.25) is 0 Å². The second kappa shape index (κ2) is 3.93. The fourth-order valence-electron chi connectivity index (χ4n) is 1.42. The summed E-state index contributed by atoms with van der Waals surface area (Å²) in [5.74, 6) is 0.830. The molecule has 3 heteroatoms. The highest BCUT2D eigenvalue weighted by Crippen LogP contribution is 2.19. The van der Waals surface area contributed by atoms with Crippen LogP contribution in [0.5, 0.6) is 0 Å². The van der Waals surface area contributed by atoms with Gasteiger partial charge in [-0.25, -0.2) is 9.97 Å². The van der Waals surface area contributed by atoms with E-state index in [2.05, 4.69) is 16.9 Å². The fraction of sp³-hybridized carbons (Fsp3) is 0.273. The highest BCUT2D eigenvalue weighted by Gasteiger charge is 2.03. The van der Waals surface area contributed by atoms with Gasteiger partial charge in [0.1, 0.15) is 11.0 Å². The second-order valence-electron chi connectivity index (χ2n) is 3.20. The number of halogens is 1. The van der Waals surface area contributed by atoms with Gasteiger partial charge in [-0.1, -0.05) is 30.7 Å². The first-order chi connectivity index (χ1) is 6.81. The molecule has 0 amide bonds. The molecule has 1 heterocycles. The lowest BCUT2D eigenvalue weighted by Crippen LogP contribution is -1.95. The molecule has 0 spiro atoms. The fourth-order valence-corrected chi connectivity index (χ4v) is 1.68. The number of aryl methyl sites for hydroxylation is 1. The van der Waals surface area contributed by atoms with Gasteiger partial charge in [-0.3, -0.25) is 0 Å². The van der Waals surface area contributed by atoms with Crippen molar-refractivity contribution in [1.29, 1.82) is 0 Å². The highest BCUT2D eigenvalue weighted by atomic mass is 35.5. The van der Waals surface area contributed by atoms with E-state index in [1.165, 1.54) is 0 Å². The topological polar surface area (TPSA) is 25.8 Å². The van der Waals surface area contributed by atoms with Crippen molar-refractivity contribution in [3.05, 3.63) is 35.2 Å². The predicted octanol–water partition coefficient (Wildman–Crippen LogP) is 3.24. The van der Waals surface area contributed by atoms with Gasteiger partial charge in [0, 0.05) is 11.8 Å². The molecule has 14 heavy (non-hydrogen) atoms. The molecule has 0 radical (unpaired) electrons. The molecule has 0 aliphatic rings. The Kier molecular flexibility index (Phi) is 2.64. The van der Waals surface area contributed by atoms with E-state index >= 15 is 0 Å². The van der Waals surface area contributed by atoms with Crippen LogP contribution in [-0.2, 0) is 6.42 Å². The number of fused-ring (bicyclic) bond motifs is 1. The number of benzene rings is 1. The molecule has 0 saturated heterocycles. The molecule has 0 atom stereocenters. The largest absolute Gasteiger partial charge is 0.233 e. The van der Waals surface area contributed by atoms with Gasteiger partial charge in [-0.05, 0) is 18.6 Å². The van der Waals surface area contributed by atoms with E-state index < -0.39 is 0 Å². The summed E-state index contributed by atoms with van der Waals surface area (Å²) < 4.78 is 0. The SMILES string of the molecule is CCCc1nc(Cl)c2ccccc2n1. The maximum Gasteiger partial charge on any atom is 0.140 e. The molecule has 72 valence electrons. The standard InChI is InChI=1S/C11H11ClN2/c1-2-5-10-13-9-7-4-3-6-8(9)11(12)14-10/h3-4,6-7H,2,5H2,1H3. The van der Waals surface area contributed by atoms with Gasteiger partial charge >= 0.3 is 0 Å². The van der Waals surface area contributed by atoms with Gasteiger partial charge in [0.25, 0.3) is 0 Å². The van der Waals surface area contributed by atoms with Crippen molar-refractivity contribution in [2.45, 2.75) is 19.8 Å². The molecule has 2 rings (SSSR count). The molecule has 0 aliphatic heterocycles. The van der Waals surface area contributed by atoms with E-state index in [1.807, 2.05) is 24.3 Å². The highest BCUT2D eigenvalue weighted by molar-refractivity contribution is 6.34. The average Bonchev–Trinajstić information content (AvgIpc) is 2.18. The van der Waals surface area contributed by atoms with Crippen molar-refractivity contribution in [3.8, 4) is 0 Å². The maximum atomic E-state index is 6.05. The monoisotopic (exact) mass is 206 g/mol. The van der Waals surface area contributed by atoms with Gasteiger partial charge in [0.15, 0.2) is 0 Å². The Balaban J connectivity index is 2.60. The van der Waals surface area contributed by atoms with Crippen molar-refractivity contribution in [3.63, 3.8) is 0 Å². The minimum absolute atomic E-state index is 0.555. The summed E-state index contributed by atoms with van der Waals surface area (Å²) in [7, 11) is 0. The third kappa shape index (κ3) is 1.70. The second-order valence-corrected chi connectivity index (χ2v) is 3.56. The molecule has 0 aliphatic carbocycles. The van der Waals surface area contributed by atoms with Gasteiger partial charge in [0.05, 0.1) is 5.52 Å². The third-order valence-corrected chi connectivity index (χ3v) is 2.36. The number of aromatic nitrogens is 2. The van der Waals surface area contributed by atoms with Crippen LogP contribution in [-0.4, -0.2) is 9.97 Å². The van der Waals surface area contributed by atoms with Crippen molar-refractivity contribution < 1.29 is 0 Å². The minimum atomic E-state index is 0.555. The lowest BCUT2D eigenvalue weighted by Gasteiger charge is -2.02. The summed E-state index contributed by atoms with van der Waals surface area (Å²) in [6, 6.07) is 7.80. The molecule has 0 unspecified atom stereocenters. The van der Waals surface area contributed by atoms with Crippen LogP contribution in [0, 0.1) is 0 Å². The van der Waals surface area contributed by atoms with Crippen molar-refractivity contribution >= 4 is 22.5 Å². The normalized spacial score (nSPS) is 10.7. The molecule has 1 aromatic carbocycles. The molecule has 0 N–H and O–H groups in total. The van der Waals surface area contributed by atoms with E-state index in [0.717, 1.165) is 29.6 Å². The summed E-state index contributed by atoms with van der Waals surface area (Å²) in [6.07, 6.45) is 1.92. The van der Waals surface area contributed by atoms with Crippen molar-refractivity contribution in [1.82, 2.24) is 9.97 Å². The van der Waals surface area contributed by atoms with Crippen LogP contribution in [0.2, 0.25) is 5.15 Å². The first kappa shape index (κ1) is 9.41. The zero-order valence-electron chi connectivity index (χ0n) is 8.00. The Hall–Kier alpha value is -1.15. The van der Waals surface area contributed by atoms with E-state index in [0.29, 0.717) is 5.15 Å². The van der Waals surface area contributed by atoms with Gasteiger partial charge in [-0.2, -0.15) is 0 Å². The zero-order valence-corrected chi connectivity index (χ0v) is 8.75. The Morgan fingerprint density at radius 1 is 1.21 bits per heavy atom. The van der Waals surface area contributed by atoms with Crippen molar-refractivity contribution in [2.24, 2.45) is 0 Å². The molecule has 0 fully saturated rings. The van der Waals surface area contributed by atoms with Crippen LogP contribution >= 0.6 is 11.6 Å². The third-order valence-electron chi connectivity index (χ3n) is 2.08. The molecule has 0 bridgehead atoms. The average molecular weight is 207 g/mol. The Bertz CT molecular complexity index is 454. The maximum absolute atomic E-state index is 6.05. The van der Waals surface area contributed by atoms with Crippen LogP contribution in [0.25, 0.3) is 10.9 Å².